The molecule has 3 rings (SSSR count). The van der Waals surface area contributed by atoms with Crippen LogP contribution in [0.4, 0.5) is 10.5 Å². The maximum Gasteiger partial charge on any atom is 0.321 e. The fraction of sp³-hybridized carbons (Fsp3) is 0.421. The fourth-order valence-electron chi connectivity index (χ4n) is 2.95. The minimum atomic E-state index is -0.158. The molecule has 0 atom stereocenters. The molecule has 28 heavy (non-hydrogen) atoms. The first-order chi connectivity index (χ1) is 13.6. The van der Waals surface area contributed by atoms with Crippen molar-refractivity contribution in [2.45, 2.75) is 18.9 Å². The van der Waals surface area contributed by atoms with Gasteiger partial charge in [0.15, 0.2) is 11.5 Å². The Balaban J connectivity index is 1.52. The van der Waals surface area contributed by atoms with Crippen LogP contribution >= 0.6 is 0 Å². The molecule has 1 aromatic heterocycles. The van der Waals surface area contributed by atoms with E-state index in [1.807, 2.05) is 0 Å². The number of ether oxygens (including phenoxy) is 4. The first kappa shape index (κ1) is 19.5. The van der Waals surface area contributed by atoms with E-state index in [-0.39, 0.29) is 18.1 Å². The van der Waals surface area contributed by atoms with Crippen molar-refractivity contribution in [3.8, 4) is 23.4 Å². The number of hydrogen-bond acceptors (Lipinski definition) is 7. The summed E-state index contributed by atoms with van der Waals surface area (Å²) in [4.78, 5) is 22.4. The van der Waals surface area contributed by atoms with Gasteiger partial charge in [0.25, 0.3) is 0 Å². The Labute approximate surface area is 163 Å². The number of nitrogens with one attached hydrogen (secondary N) is 1. The molecule has 0 saturated carbocycles. The number of urea groups is 1. The largest absolute Gasteiger partial charge is 0.493 e. The molecular weight excluding hydrogens is 364 g/mol. The van der Waals surface area contributed by atoms with Crippen molar-refractivity contribution in [3.05, 3.63) is 30.5 Å². The maximum absolute atomic E-state index is 12.5. The zero-order valence-corrected chi connectivity index (χ0v) is 16.2. The molecule has 0 spiro atoms. The van der Waals surface area contributed by atoms with Crippen LogP contribution in [0, 0.1) is 0 Å². The lowest BCUT2D eigenvalue weighted by atomic mass is 10.1. The second-order valence-electron chi connectivity index (χ2n) is 6.19. The van der Waals surface area contributed by atoms with Crippen molar-refractivity contribution < 1.29 is 23.7 Å². The van der Waals surface area contributed by atoms with E-state index in [0.717, 1.165) is 0 Å². The predicted molar refractivity (Wildman–Crippen MR) is 102 cm³/mol. The molecular formula is C19H24N4O5. The van der Waals surface area contributed by atoms with Crippen molar-refractivity contribution in [1.82, 2.24) is 14.9 Å². The molecule has 1 aliphatic rings. The minimum absolute atomic E-state index is 0.00950. The summed E-state index contributed by atoms with van der Waals surface area (Å²) in [6.07, 6.45) is 3.01. The van der Waals surface area contributed by atoms with Gasteiger partial charge in [0.1, 0.15) is 6.10 Å². The molecule has 1 aromatic carbocycles. The summed E-state index contributed by atoms with van der Waals surface area (Å²) in [6, 6.07) is 7.06. The van der Waals surface area contributed by atoms with Crippen LogP contribution in [0.5, 0.6) is 23.4 Å². The molecule has 9 heteroatoms. The lowest BCUT2D eigenvalue weighted by molar-refractivity contribution is 0.110. The Morgan fingerprint density at radius 2 is 1.82 bits per heavy atom. The molecule has 150 valence electrons. The molecule has 9 nitrogen and oxygen atoms in total. The molecule has 1 fully saturated rings. The third-order valence-electron chi connectivity index (χ3n) is 4.44. The number of methoxy groups -OCH3 is 3. The number of carbonyl (C=O) groups is 1. The highest BCUT2D eigenvalue weighted by Crippen LogP contribution is 2.30. The lowest BCUT2D eigenvalue weighted by Gasteiger charge is -2.32. The molecule has 1 saturated heterocycles. The second-order valence-corrected chi connectivity index (χ2v) is 6.19. The average Bonchev–Trinajstić information content (AvgIpc) is 2.74. The van der Waals surface area contributed by atoms with Gasteiger partial charge in [0.05, 0.1) is 21.3 Å². The van der Waals surface area contributed by atoms with E-state index in [0.29, 0.717) is 49.0 Å². The molecule has 0 radical (unpaired) electrons. The number of amides is 2. The van der Waals surface area contributed by atoms with Crippen LogP contribution in [0.15, 0.2) is 30.5 Å². The van der Waals surface area contributed by atoms with Gasteiger partial charge >= 0.3 is 12.0 Å². The number of carbonyl (C=O) groups excluding carboxylic acids is 1. The zero-order valence-electron chi connectivity index (χ0n) is 16.2. The van der Waals surface area contributed by atoms with E-state index in [1.54, 1.807) is 49.6 Å². The standard InChI is InChI=1S/C19H24N4O5/c1-25-15-5-4-13(12-16(15)26-2)21-19(24)23-10-7-14(8-11-23)28-17-6-9-20-18(22-17)27-3/h4-6,9,12,14H,7-8,10-11H2,1-3H3,(H,21,24). The highest BCUT2D eigenvalue weighted by molar-refractivity contribution is 5.89. The maximum atomic E-state index is 12.5. The Morgan fingerprint density at radius 3 is 2.50 bits per heavy atom. The van der Waals surface area contributed by atoms with Gasteiger partial charge in [-0.05, 0) is 12.1 Å². The van der Waals surface area contributed by atoms with Crippen LogP contribution in [0.1, 0.15) is 12.8 Å². The predicted octanol–water partition coefficient (Wildman–Crippen LogP) is 2.58. The summed E-state index contributed by atoms with van der Waals surface area (Å²) >= 11 is 0. The van der Waals surface area contributed by atoms with E-state index in [9.17, 15) is 4.79 Å². The topological polar surface area (TPSA) is 95.0 Å². The molecule has 2 amide bonds. The molecule has 2 heterocycles. The zero-order chi connectivity index (χ0) is 19.9. The monoisotopic (exact) mass is 388 g/mol. The van der Waals surface area contributed by atoms with Gasteiger partial charge in [-0.1, -0.05) is 0 Å². The summed E-state index contributed by atoms with van der Waals surface area (Å²) in [7, 11) is 4.63. The van der Waals surface area contributed by atoms with Crippen LogP contribution in [0.25, 0.3) is 0 Å². The second kappa shape index (κ2) is 9.12. The van der Waals surface area contributed by atoms with Gasteiger partial charge < -0.3 is 29.2 Å². The molecule has 0 bridgehead atoms. The Hall–Kier alpha value is -3.23. The van der Waals surface area contributed by atoms with Crippen LogP contribution in [0.2, 0.25) is 0 Å². The number of benzene rings is 1. The van der Waals surface area contributed by atoms with Gasteiger partial charge in [-0.2, -0.15) is 4.98 Å². The Kier molecular flexibility index (Phi) is 6.36. The van der Waals surface area contributed by atoms with Gasteiger partial charge in [0, 0.05) is 49.9 Å². The van der Waals surface area contributed by atoms with E-state index >= 15 is 0 Å². The fourth-order valence-corrected chi connectivity index (χ4v) is 2.95. The molecule has 0 unspecified atom stereocenters. The number of aromatic nitrogens is 2. The van der Waals surface area contributed by atoms with Crippen LogP contribution in [-0.4, -0.2) is 61.4 Å². The number of hydrogen-bond donors (Lipinski definition) is 1. The third-order valence-corrected chi connectivity index (χ3v) is 4.44. The quantitative estimate of drug-likeness (QED) is 0.813. The first-order valence-corrected chi connectivity index (χ1v) is 8.94. The molecule has 2 aromatic rings. The number of anilines is 1. The number of nitrogens with zero attached hydrogens (tertiary/aromatic N) is 3. The van der Waals surface area contributed by atoms with E-state index in [1.165, 1.54) is 7.11 Å². The average molecular weight is 388 g/mol. The highest BCUT2D eigenvalue weighted by Gasteiger charge is 2.24. The van der Waals surface area contributed by atoms with E-state index < -0.39 is 0 Å². The summed E-state index contributed by atoms with van der Waals surface area (Å²) in [5, 5.41) is 2.89. The lowest BCUT2D eigenvalue weighted by Crippen LogP contribution is -2.43. The summed E-state index contributed by atoms with van der Waals surface area (Å²) in [5.41, 5.74) is 0.647. The van der Waals surface area contributed by atoms with Crippen molar-refractivity contribution in [3.63, 3.8) is 0 Å². The highest BCUT2D eigenvalue weighted by atomic mass is 16.5. The van der Waals surface area contributed by atoms with Crippen molar-refractivity contribution >= 4 is 11.7 Å². The van der Waals surface area contributed by atoms with E-state index in [2.05, 4.69) is 15.3 Å². The number of rotatable bonds is 6. The van der Waals surface area contributed by atoms with E-state index in [4.69, 9.17) is 18.9 Å². The Bertz CT molecular complexity index is 809. The summed E-state index contributed by atoms with van der Waals surface area (Å²) in [5.74, 6) is 1.65. The van der Waals surface area contributed by atoms with Gasteiger partial charge in [-0.25, -0.2) is 9.78 Å². The van der Waals surface area contributed by atoms with Gasteiger partial charge in [-0.15, -0.1) is 0 Å². The smallest absolute Gasteiger partial charge is 0.321 e. The van der Waals surface area contributed by atoms with Crippen molar-refractivity contribution in [2.75, 3.05) is 39.7 Å². The normalized spacial score (nSPS) is 14.3. The van der Waals surface area contributed by atoms with Crippen LogP contribution in [0.3, 0.4) is 0 Å². The first-order valence-electron chi connectivity index (χ1n) is 8.94. The van der Waals surface area contributed by atoms with Crippen molar-refractivity contribution in [1.29, 1.82) is 0 Å². The molecule has 0 aliphatic carbocycles. The number of likely N-dealkylation sites (tertiary alicyclic amines) is 1. The van der Waals surface area contributed by atoms with Crippen LogP contribution in [-0.2, 0) is 0 Å². The minimum Gasteiger partial charge on any atom is -0.493 e. The van der Waals surface area contributed by atoms with Gasteiger partial charge in [-0.3, -0.25) is 0 Å². The Morgan fingerprint density at radius 1 is 1.07 bits per heavy atom. The molecule has 1 aliphatic heterocycles. The van der Waals surface area contributed by atoms with Gasteiger partial charge in [0.2, 0.25) is 5.88 Å². The SMILES string of the molecule is COc1nccc(OC2CCN(C(=O)Nc3ccc(OC)c(OC)c3)CC2)n1. The van der Waals surface area contributed by atoms with Crippen molar-refractivity contribution in [2.24, 2.45) is 0 Å². The summed E-state index contributed by atoms with van der Waals surface area (Å²) < 4.78 is 21.4. The number of piperidine rings is 1. The molecule has 1 N–H and O–H groups in total. The third kappa shape index (κ3) is 4.73. The van der Waals surface area contributed by atoms with Crippen LogP contribution < -0.4 is 24.3 Å². The summed E-state index contributed by atoms with van der Waals surface area (Å²) in [6.45, 7) is 1.18.